The Morgan fingerprint density at radius 2 is 1.27 bits per heavy atom. The van der Waals surface area contributed by atoms with Crippen LogP contribution in [0.4, 0.5) is 0 Å². The van der Waals surface area contributed by atoms with Gasteiger partial charge in [-0.2, -0.15) is 0 Å². The topological polar surface area (TPSA) is 9.23 Å². The Morgan fingerprint density at radius 1 is 0.800 bits per heavy atom. The van der Waals surface area contributed by atoms with E-state index in [-0.39, 0.29) is 4.83 Å². The smallest absolute Gasteiger partial charge is 0.132 e. The predicted octanol–water partition coefficient (Wildman–Crippen LogP) is 4.28. The lowest BCUT2D eigenvalue weighted by molar-refractivity contribution is 0.459. The van der Waals surface area contributed by atoms with Crippen LogP contribution in [0.3, 0.4) is 0 Å². The van der Waals surface area contributed by atoms with Gasteiger partial charge in [0.1, 0.15) is 11.5 Å². The molecular weight excluding hydrogens is 252 g/mol. The van der Waals surface area contributed by atoms with Gasteiger partial charge < -0.3 is 4.74 Å². The molecule has 0 bridgehead atoms. The summed E-state index contributed by atoms with van der Waals surface area (Å²) in [6.07, 6.45) is 0. The Balaban J connectivity index is 2.20. The van der Waals surface area contributed by atoms with Gasteiger partial charge in [-0.05, 0) is 12.1 Å². The molecule has 0 radical (unpaired) electrons. The normalized spacial score (nSPS) is 13.9. The summed E-state index contributed by atoms with van der Waals surface area (Å²) in [6, 6.07) is 16.2. The van der Waals surface area contributed by atoms with Crippen molar-refractivity contribution < 1.29 is 4.74 Å². The van der Waals surface area contributed by atoms with Gasteiger partial charge in [-0.15, -0.1) is 0 Å². The first-order chi connectivity index (χ1) is 7.36. The van der Waals surface area contributed by atoms with Crippen molar-refractivity contribution in [2.75, 3.05) is 0 Å². The van der Waals surface area contributed by atoms with E-state index in [0.29, 0.717) is 0 Å². The second-order valence-electron chi connectivity index (χ2n) is 3.54. The van der Waals surface area contributed by atoms with Crippen LogP contribution in [0.1, 0.15) is 16.0 Å². The third kappa shape index (κ3) is 1.37. The van der Waals surface area contributed by atoms with Crippen LogP contribution < -0.4 is 4.74 Å². The third-order valence-electron chi connectivity index (χ3n) is 2.60. The number of ether oxygens (including phenoxy) is 1. The Labute approximate surface area is 96.8 Å². The first kappa shape index (κ1) is 8.98. The summed E-state index contributed by atoms with van der Waals surface area (Å²) in [6.45, 7) is 0. The van der Waals surface area contributed by atoms with Gasteiger partial charge in [-0.25, -0.2) is 0 Å². The van der Waals surface area contributed by atoms with Crippen LogP contribution in [0, 0.1) is 0 Å². The quantitative estimate of drug-likeness (QED) is 0.643. The predicted molar refractivity (Wildman–Crippen MR) is 63.7 cm³/mol. The highest BCUT2D eigenvalue weighted by molar-refractivity contribution is 9.09. The number of benzene rings is 2. The summed E-state index contributed by atoms with van der Waals surface area (Å²) in [5.74, 6) is 1.89. The number of alkyl halides is 1. The molecule has 1 nitrogen and oxygen atoms in total. The minimum Gasteiger partial charge on any atom is -0.457 e. The Morgan fingerprint density at radius 3 is 1.80 bits per heavy atom. The standard InChI is InChI=1S/C13H9BrO/c14-13-9-5-1-3-7-11(9)15-12-8-4-2-6-10(12)13/h1-8,13H. The summed E-state index contributed by atoms with van der Waals surface area (Å²) >= 11 is 3.71. The molecule has 1 aliphatic rings. The molecule has 0 amide bonds. The van der Waals surface area contributed by atoms with Crippen LogP contribution in [-0.4, -0.2) is 0 Å². The summed E-state index contributed by atoms with van der Waals surface area (Å²) in [5, 5.41) is 0. The van der Waals surface area contributed by atoms with Crippen molar-refractivity contribution in [3.8, 4) is 11.5 Å². The van der Waals surface area contributed by atoms with Crippen molar-refractivity contribution >= 4 is 15.9 Å². The minimum absolute atomic E-state index is 0.235. The molecule has 0 atom stereocenters. The number of halogens is 1. The first-order valence-corrected chi connectivity index (χ1v) is 5.77. The van der Waals surface area contributed by atoms with E-state index in [9.17, 15) is 0 Å². The fourth-order valence-corrected chi connectivity index (χ4v) is 2.61. The van der Waals surface area contributed by atoms with E-state index < -0.39 is 0 Å². The molecule has 0 saturated carbocycles. The molecule has 0 saturated heterocycles. The lowest BCUT2D eigenvalue weighted by atomic mass is 10.0. The molecule has 0 fully saturated rings. The average Bonchev–Trinajstić information content (AvgIpc) is 2.30. The van der Waals surface area contributed by atoms with Gasteiger partial charge in [0.15, 0.2) is 0 Å². The number of rotatable bonds is 0. The summed E-state index contributed by atoms with van der Waals surface area (Å²) in [7, 11) is 0. The fraction of sp³-hybridized carbons (Fsp3) is 0.0769. The van der Waals surface area contributed by atoms with E-state index in [1.165, 1.54) is 11.1 Å². The van der Waals surface area contributed by atoms with Gasteiger partial charge in [0.25, 0.3) is 0 Å². The Kier molecular flexibility index (Phi) is 2.03. The molecule has 3 rings (SSSR count). The van der Waals surface area contributed by atoms with Gasteiger partial charge in [0, 0.05) is 11.1 Å². The second-order valence-corrected chi connectivity index (χ2v) is 4.46. The maximum absolute atomic E-state index is 5.82. The SMILES string of the molecule is BrC1c2ccccc2Oc2ccccc21. The lowest BCUT2D eigenvalue weighted by Crippen LogP contribution is -2.04. The Hall–Kier alpha value is -1.28. The van der Waals surface area contributed by atoms with Crippen LogP contribution in [0.25, 0.3) is 0 Å². The molecule has 2 aromatic carbocycles. The van der Waals surface area contributed by atoms with Crippen molar-refractivity contribution in [2.24, 2.45) is 0 Å². The minimum atomic E-state index is 0.235. The molecule has 74 valence electrons. The molecule has 0 aromatic heterocycles. The van der Waals surface area contributed by atoms with E-state index in [0.717, 1.165) is 11.5 Å². The summed E-state index contributed by atoms with van der Waals surface area (Å²) < 4.78 is 5.82. The van der Waals surface area contributed by atoms with E-state index in [2.05, 4.69) is 28.1 Å². The van der Waals surface area contributed by atoms with Crippen molar-refractivity contribution in [2.45, 2.75) is 4.83 Å². The number of hydrogen-bond acceptors (Lipinski definition) is 1. The van der Waals surface area contributed by atoms with Gasteiger partial charge in [-0.1, -0.05) is 52.3 Å². The van der Waals surface area contributed by atoms with E-state index >= 15 is 0 Å². The molecule has 0 unspecified atom stereocenters. The molecule has 2 heteroatoms. The molecule has 1 heterocycles. The van der Waals surface area contributed by atoms with Crippen LogP contribution in [0.15, 0.2) is 48.5 Å². The van der Waals surface area contributed by atoms with E-state index in [4.69, 9.17) is 4.74 Å². The molecule has 15 heavy (non-hydrogen) atoms. The maximum atomic E-state index is 5.82. The average molecular weight is 261 g/mol. The van der Waals surface area contributed by atoms with Crippen molar-refractivity contribution in [1.29, 1.82) is 0 Å². The highest BCUT2D eigenvalue weighted by Gasteiger charge is 2.23. The highest BCUT2D eigenvalue weighted by Crippen LogP contribution is 2.46. The van der Waals surface area contributed by atoms with Gasteiger partial charge >= 0.3 is 0 Å². The zero-order chi connectivity index (χ0) is 10.3. The van der Waals surface area contributed by atoms with E-state index in [1.807, 2.05) is 36.4 Å². The first-order valence-electron chi connectivity index (χ1n) is 4.86. The largest absolute Gasteiger partial charge is 0.457 e. The number of hydrogen-bond donors (Lipinski definition) is 0. The van der Waals surface area contributed by atoms with Crippen molar-refractivity contribution in [3.63, 3.8) is 0 Å². The van der Waals surface area contributed by atoms with Gasteiger partial charge in [-0.3, -0.25) is 0 Å². The fourth-order valence-electron chi connectivity index (χ4n) is 1.85. The summed E-state index contributed by atoms with van der Waals surface area (Å²) in [4.78, 5) is 0.235. The molecule has 0 spiro atoms. The molecule has 1 aliphatic heterocycles. The highest BCUT2D eigenvalue weighted by atomic mass is 79.9. The van der Waals surface area contributed by atoms with Crippen LogP contribution in [0.2, 0.25) is 0 Å². The summed E-state index contributed by atoms with van der Waals surface area (Å²) in [5.41, 5.74) is 2.38. The molecular formula is C13H9BrO. The molecule has 2 aromatic rings. The molecule has 0 N–H and O–H groups in total. The van der Waals surface area contributed by atoms with Crippen molar-refractivity contribution in [3.05, 3.63) is 59.7 Å². The van der Waals surface area contributed by atoms with Gasteiger partial charge in [0.2, 0.25) is 0 Å². The van der Waals surface area contributed by atoms with Gasteiger partial charge in [0.05, 0.1) is 4.83 Å². The van der Waals surface area contributed by atoms with Crippen LogP contribution in [0.5, 0.6) is 11.5 Å². The van der Waals surface area contributed by atoms with Crippen molar-refractivity contribution in [1.82, 2.24) is 0 Å². The lowest BCUT2D eigenvalue weighted by Gasteiger charge is -2.24. The van der Waals surface area contributed by atoms with Crippen LogP contribution >= 0.6 is 15.9 Å². The zero-order valence-electron chi connectivity index (χ0n) is 7.98. The monoisotopic (exact) mass is 260 g/mol. The number of fused-ring (bicyclic) bond motifs is 2. The van der Waals surface area contributed by atoms with Crippen LogP contribution in [-0.2, 0) is 0 Å². The maximum Gasteiger partial charge on any atom is 0.132 e. The molecule has 0 aliphatic carbocycles. The zero-order valence-corrected chi connectivity index (χ0v) is 9.57. The Bertz CT molecular complexity index is 462. The van der Waals surface area contributed by atoms with E-state index in [1.54, 1.807) is 0 Å². The third-order valence-corrected chi connectivity index (χ3v) is 3.59. The second kappa shape index (κ2) is 3.38. The number of para-hydroxylation sites is 2.